The van der Waals surface area contributed by atoms with E-state index in [0.717, 1.165) is 30.5 Å². The molecule has 5 heteroatoms. The molecule has 2 heterocycles. The van der Waals surface area contributed by atoms with Gasteiger partial charge < -0.3 is 10.2 Å². The predicted molar refractivity (Wildman–Crippen MR) is 88.1 cm³/mol. The summed E-state index contributed by atoms with van der Waals surface area (Å²) in [5.41, 5.74) is 1.55. The topological polar surface area (TPSA) is 50.2 Å². The monoisotopic (exact) mass is 300 g/mol. The average molecular weight is 300 g/mol. The molecular formula is C17H24N4O. The van der Waals surface area contributed by atoms with E-state index in [-0.39, 0.29) is 11.9 Å². The van der Waals surface area contributed by atoms with Gasteiger partial charge in [-0.15, -0.1) is 0 Å². The fourth-order valence-electron chi connectivity index (χ4n) is 3.07. The van der Waals surface area contributed by atoms with Crippen LogP contribution in [0, 0.1) is 0 Å². The standard InChI is InChI=1S/C17H24N4O/c1-13(2)21-15-8-4-3-7-14(15)16(19-21)17(22)18-9-12-20-10-5-6-11-20/h3-4,7-8,13H,5-6,9-12H2,1-2H3,(H,18,22). The van der Waals surface area contributed by atoms with Crippen molar-refractivity contribution in [1.82, 2.24) is 20.0 Å². The summed E-state index contributed by atoms with van der Waals surface area (Å²) >= 11 is 0. The van der Waals surface area contributed by atoms with Crippen LogP contribution in [0.15, 0.2) is 24.3 Å². The number of fused-ring (bicyclic) bond motifs is 1. The van der Waals surface area contributed by atoms with Crippen molar-refractivity contribution >= 4 is 16.8 Å². The molecule has 5 nitrogen and oxygen atoms in total. The Labute approximate surface area is 131 Å². The van der Waals surface area contributed by atoms with Gasteiger partial charge in [0.05, 0.1) is 5.52 Å². The number of carbonyl (C=O) groups excluding carboxylic acids is 1. The maximum absolute atomic E-state index is 12.5. The van der Waals surface area contributed by atoms with Crippen molar-refractivity contribution in [1.29, 1.82) is 0 Å². The van der Waals surface area contributed by atoms with Crippen molar-refractivity contribution in [3.8, 4) is 0 Å². The van der Waals surface area contributed by atoms with E-state index in [4.69, 9.17) is 0 Å². The second kappa shape index (κ2) is 6.48. The van der Waals surface area contributed by atoms with Crippen molar-refractivity contribution in [2.45, 2.75) is 32.7 Å². The van der Waals surface area contributed by atoms with E-state index >= 15 is 0 Å². The molecule has 118 valence electrons. The number of rotatable bonds is 5. The van der Waals surface area contributed by atoms with Gasteiger partial charge in [0.1, 0.15) is 0 Å². The molecule has 1 aromatic heterocycles. The third-order valence-corrected chi connectivity index (χ3v) is 4.23. The number of aromatic nitrogens is 2. The SMILES string of the molecule is CC(C)n1nc(C(=O)NCCN2CCCC2)c2ccccc21. The molecule has 0 unspecified atom stereocenters. The number of amides is 1. The van der Waals surface area contributed by atoms with Crippen molar-refractivity contribution in [3.05, 3.63) is 30.0 Å². The quantitative estimate of drug-likeness (QED) is 0.922. The van der Waals surface area contributed by atoms with E-state index in [1.165, 1.54) is 12.8 Å². The van der Waals surface area contributed by atoms with Crippen molar-refractivity contribution in [2.75, 3.05) is 26.2 Å². The number of hydrogen-bond acceptors (Lipinski definition) is 3. The van der Waals surface area contributed by atoms with Crippen LogP contribution in [-0.4, -0.2) is 46.8 Å². The van der Waals surface area contributed by atoms with E-state index in [9.17, 15) is 4.79 Å². The average Bonchev–Trinajstić information content (AvgIpc) is 3.14. The van der Waals surface area contributed by atoms with Crippen LogP contribution in [0.1, 0.15) is 43.2 Å². The Kier molecular flexibility index (Phi) is 4.43. The minimum Gasteiger partial charge on any atom is -0.349 e. The van der Waals surface area contributed by atoms with Gasteiger partial charge in [0.2, 0.25) is 0 Å². The fourth-order valence-corrected chi connectivity index (χ4v) is 3.07. The minimum absolute atomic E-state index is 0.0743. The maximum Gasteiger partial charge on any atom is 0.272 e. The Morgan fingerprint density at radius 2 is 2.00 bits per heavy atom. The van der Waals surface area contributed by atoms with Gasteiger partial charge in [-0.2, -0.15) is 5.10 Å². The van der Waals surface area contributed by atoms with Crippen LogP contribution < -0.4 is 5.32 Å². The van der Waals surface area contributed by atoms with Crippen LogP contribution in [0.5, 0.6) is 0 Å². The molecule has 1 amide bonds. The lowest BCUT2D eigenvalue weighted by molar-refractivity contribution is 0.0945. The smallest absolute Gasteiger partial charge is 0.272 e. The summed E-state index contributed by atoms with van der Waals surface area (Å²) in [7, 11) is 0. The molecule has 1 aromatic carbocycles. The number of carbonyl (C=O) groups is 1. The van der Waals surface area contributed by atoms with Gasteiger partial charge in [0.25, 0.3) is 5.91 Å². The number of nitrogens with one attached hydrogen (secondary N) is 1. The second-order valence-electron chi connectivity index (χ2n) is 6.21. The summed E-state index contributed by atoms with van der Waals surface area (Å²) in [6, 6.07) is 8.16. The van der Waals surface area contributed by atoms with Gasteiger partial charge >= 0.3 is 0 Å². The van der Waals surface area contributed by atoms with Gasteiger partial charge in [-0.05, 0) is 45.8 Å². The summed E-state index contributed by atoms with van der Waals surface area (Å²) in [6.07, 6.45) is 2.55. The molecule has 0 spiro atoms. The highest BCUT2D eigenvalue weighted by molar-refractivity contribution is 6.04. The molecule has 0 aliphatic carbocycles. The maximum atomic E-state index is 12.5. The van der Waals surface area contributed by atoms with Crippen LogP contribution >= 0.6 is 0 Å². The minimum atomic E-state index is -0.0743. The molecule has 0 radical (unpaired) electrons. The Morgan fingerprint density at radius 3 is 2.73 bits per heavy atom. The van der Waals surface area contributed by atoms with Crippen molar-refractivity contribution in [3.63, 3.8) is 0 Å². The van der Waals surface area contributed by atoms with Crippen molar-refractivity contribution < 1.29 is 4.79 Å². The molecule has 22 heavy (non-hydrogen) atoms. The first-order chi connectivity index (χ1) is 10.7. The Hall–Kier alpha value is -1.88. The number of hydrogen-bond donors (Lipinski definition) is 1. The molecule has 1 fully saturated rings. The van der Waals surface area contributed by atoms with Crippen molar-refractivity contribution in [2.24, 2.45) is 0 Å². The molecule has 2 aromatic rings. The molecule has 1 N–H and O–H groups in total. The lowest BCUT2D eigenvalue weighted by atomic mass is 10.2. The molecule has 3 rings (SSSR count). The molecule has 1 aliphatic rings. The summed E-state index contributed by atoms with van der Waals surface area (Å²) < 4.78 is 1.92. The van der Waals surface area contributed by atoms with E-state index in [2.05, 4.69) is 29.2 Å². The van der Waals surface area contributed by atoms with Gasteiger partial charge in [-0.25, -0.2) is 0 Å². The van der Waals surface area contributed by atoms with Crippen LogP contribution in [0.25, 0.3) is 10.9 Å². The van der Waals surface area contributed by atoms with Gasteiger partial charge in [0, 0.05) is 24.5 Å². The summed E-state index contributed by atoms with van der Waals surface area (Å²) in [5, 5.41) is 8.47. The third-order valence-electron chi connectivity index (χ3n) is 4.23. The summed E-state index contributed by atoms with van der Waals surface area (Å²) in [5.74, 6) is -0.0743. The van der Waals surface area contributed by atoms with Crippen LogP contribution in [0.2, 0.25) is 0 Å². The molecule has 0 bridgehead atoms. The first-order valence-electron chi connectivity index (χ1n) is 8.14. The lowest BCUT2D eigenvalue weighted by Gasteiger charge is -2.14. The van der Waals surface area contributed by atoms with Gasteiger partial charge in [0.15, 0.2) is 5.69 Å². The first-order valence-corrected chi connectivity index (χ1v) is 8.14. The number of para-hydroxylation sites is 1. The van der Waals surface area contributed by atoms with E-state index < -0.39 is 0 Å². The molecule has 1 aliphatic heterocycles. The lowest BCUT2D eigenvalue weighted by Crippen LogP contribution is -2.33. The highest BCUT2D eigenvalue weighted by Gasteiger charge is 2.18. The first kappa shape index (κ1) is 15.0. The molecule has 1 saturated heterocycles. The Morgan fingerprint density at radius 1 is 1.27 bits per heavy atom. The van der Waals surface area contributed by atoms with Crippen LogP contribution in [0.4, 0.5) is 0 Å². The van der Waals surface area contributed by atoms with E-state index in [1.807, 2.05) is 28.9 Å². The second-order valence-corrected chi connectivity index (χ2v) is 6.21. The van der Waals surface area contributed by atoms with Crippen LogP contribution in [-0.2, 0) is 0 Å². The normalized spacial score (nSPS) is 15.8. The summed E-state index contributed by atoms with van der Waals surface area (Å²) in [6.45, 7) is 8.07. The molecule has 0 saturated carbocycles. The Bertz CT molecular complexity index is 656. The zero-order valence-electron chi connectivity index (χ0n) is 13.4. The highest BCUT2D eigenvalue weighted by Crippen LogP contribution is 2.21. The fraction of sp³-hybridized carbons (Fsp3) is 0.529. The van der Waals surface area contributed by atoms with E-state index in [1.54, 1.807) is 0 Å². The molecule has 0 atom stereocenters. The molecular weight excluding hydrogens is 276 g/mol. The zero-order valence-corrected chi connectivity index (χ0v) is 13.4. The number of benzene rings is 1. The van der Waals surface area contributed by atoms with Gasteiger partial charge in [-0.3, -0.25) is 9.48 Å². The third kappa shape index (κ3) is 2.99. The van der Waals surface area contributed by atoms with Crippen LogP contribution in [0.3, 0.4) is 0 Å². The number of nitrogens with zero attached hydrogens (tertiary/aromatic N) is 3. The highest BCUT2D eigenvalue weighted by atomic mass is 16.1. The predicted octanol–water partition coefficient (Wildman–Crippen LogP) is 2.44. The largest absolute Gasteiger partial charge is 0.349 e. The number of likely N-dealkylation sites (tertiary alicyclic amines) is 1. The van der Waals surface area contributed by atoms with Gasteiger partial charge in [-0.1, -0.05) is 18.2 Å². The summed E-state index contributed by atoms with van der Waals surface area (Å²) in [4.78, 5) is 14.9. The Balaban J connectivity index is 1.73. The van der Waals surface area contributed by atoms with E-state index in [0.29, 0.717) is 12.2 Å². The zero-order chi connectivity index (χ0) is 15.5.